The Morgan fingerprint density at radius 3 is 0.600 bits per heavy atom. The van der Waals surface area contributed by atoms with Crippen molar-refractivity contribution in [3.63, 3.8) is 0 Å². The third-order valence-electron chi connectivity index (χ3n) is 0.366. The van der Waals surface area contributed by atoms with E-state index in [9.17, 15) is 0 Å². The van der Waals surface area contributed by atoms with Crippen LogP contribution in [0, 0.1) is 0 Å². The van der Waals surface area contributed by atoms with E-state index in [0.717, 1.165) is 0 Å². The summed E-state index contributed by atoms with van der Waals surface area (Å²) in [5.41, 5.74) is 0. The molecule has 0 bridgehead atoms. The summed E-state index contributed by atoms with van der Waals surface area (Å²) >= 11 is 0. The molecule has 15 heavy (non-hydrogen) atoms. The summed E-state index contributed by atoms with van der Waals surface area (Å²) in [6, 6.07) is 0. The third-order valence-corrected chi connectivity index (χ3v) is 0.366. The van der Waals surface area contributed by atoms with E-state index in [0.29, 0.717) is 0 Å². The van der Waals surface area contributed by atoms with Gasteiger partial charge in [-0.25, -0.2) is 19.2 Å². The van der Waals surface area contributed by atoms with Crippen molar-refractivity contribution in [1.82, 2.24) is 0 Å². The van der Waals surface area contributed by atoms with Crippen molar-refractivity contribution in [3.05, 3.63) is 0 Å². The Balaban J connectivity index is -0.0000000370. The molecule has 1 radical (unpaired) electrons. The van der Waals surface area contributed by atoms with Crippen molar-refractivity contribution < 1.29 is 50.6 Å². The molecule has 0 rings (SSSR count). The van der Waals surface area contributed by atoms with Gasteiger partial charge >= 0.3 is 23.9 Å². The van der Waals surface area contributed by atoms with Crippen LogP contribution < -0.4 is 0 Å². The maximum Gasteiger partial charge on any atom is 0.414 e. The van der Waals surface area contributed by atoms with Crippen LogP contribution in [0.25, 0.3) is 0 Å². The first-order valence-electron chi connectivity index (χ1n) is 2.21. The molecule has 0 aliphatic carbocycles. The van der Waals surface area contributed by atoms with Crippen molar-refractivity contribution >= 4 is 75.3 Å². The zero-order chi connectivity index (χ0) is 10.3. The molecule has 8 N–H and O–H groups in total. The molecular weight excluding hydrogens is 247 g/mol. The second kappa shape index (κ2) is 15.9. The SMILES string of the molecule is O.O.O=C(O)C(=O)O.O=C(O)C(=O)O.[K]. The van der Waals surface area contributed by atoms with Gasteiger partial charge in [0.05, 0.1) is 0 Å². The molecule has 11 heteroatoms. The van der Waals surface area contributed by atoms with E-state index in [4.69, 9.17) is 39.6 Å². The van der Waals surface area contributed by atoms with Gasteiger partial charge in [0.1, 0.15) is 0 Å². The summed E-state index contributed by atoms with van der Waals surface area (Å²) in [6.45, 7) is 0. The average Bonchev–Trinajstić information content (AvgIpc) is 1.88. The fourth-order valence-electron chi connectivity index (χ4n) is 0. The molecule has 0 atom stereocenters. The minimum atomic E-state index is -1.82. The molecular formula is C4H8KO10. The molecule has 0 aromatic heterocycles. The predicted molar refractivity (Wildman–Crippen MR) is 43.5 cm³/mol. The third kappa shape index (κ3) is 31.8. The quantitative estimate of drug-likeness (QED) is 0.249. The van der Waals surface area contributed by atoms with Gasteiger partial charge in [-0.15, -0.1) is 0 Å². The molecule has 0 aliphatic heterocycles. The van der Waals surface area contributed by atoms with Gasteiger partial charge in [-0.3, -0.25) is 0 Å². The Morgan fingerprint density at radius 1 is 0.533 bits per heavy atom. The zero-order valence-corrected chi connectivity index (χ0v) is 10.5. The molecule has 0 fully saturated rings. The van der Waals surface area contributed by atoms with Crippen LogP contribution in [0.15, 0.2) is 0 Å². The van der Waals surface area contributed by atoms with Gasteiger partial charge in [-0.05, 0) is 0 Å². The summed E-state index contributed by atoms with van der Waals surface area (Å²) in [5, 5.41) is 29.6. The van der Waals surface area contributed by atoms with E-state index in [-0.39, 0.29) is 62.3 Å². The Morgan fingerprint density at radius 2 is 0.600 bits per heavy atom. The van der Waals surface area contributed by atoms with Gasteiger partial charge < -0.3 is 31.4 Å². The molecule has 0 unspecified atom stereocenters. The van der Waals surface area contributed by atoms with Gasteiger partial charge in [-0.1, -0.05) is 0 Å². The number of rotatable bonds is 0. The van der Waals surface area contributed by atoms with Crippen molar-refractivity contribution in [2.24, 2.45) is 0 Å². The van der Waals surface area contributed by atoms with Gasteiger partial charge in [-0.2, -0.15) is 0 Å². The molecule has 0 saturated heterocycles. The number of carbonyl (C=O) groups is 4. The van der Waals surface area contributed by atoms with Crippen LogP contribution in [0.1, 0.15) is 0 Å². The first-order valence-corrected chi connectivity index (χ1v) is 2.21. The Labute approximate surface area is 125 Å². The zero-order valence-electron chi connectivity index (χ0n) is 7.42. The van der Waals surface area contributed by atoms with Crippen molar-refractivity contribution in [3.8, 4) is 0 Å². The molecule has 0 aromatic rings. The fraction of sp³-hybridized carbons (Fsp3) is 0. The van der Waals surface area contributed by atoms with Crippen molar-refractivity contribution in [1.29, 1.82) is 0 Å². The Kier molecular flexibility index (Phi) is 31.0. The van der Waals surface area contributed by atoms with Crippen LogP contribution in [-0.4, -0.2) is 107 Å². The second-order valence-electron chi connectivity index (χ2n) is 1.22. The van der Waals surface area contributed by atoms with Gasteiger partial charge in [0.15, 0.2) is 0 Å². The van der Waals surface area contributed by atoms with Crippen LogP contribution in [0.2, 0.25) is 0 Å². The van der Waals surface area contributed by atoms with Gasteiger partial charge in [0.2, 0.25) is 0 Å². The first-order chi connectivity index (χ1) is 5.29. The first kappa shape index (κ1) is 29.3. The topological polar surface area (TPSA) is 212 Å². The molecule has 0 spiro atoms. The van der Waals surface area contributed by atoms with Gasteiger partial charge in [0, 0.05) is 51.4 Å². The maximum atomic E-state index is 9.10. The summed E-state index contributed by atoms with van der Waals surface area (Å²) in [5.74, 6) is -7.30. The van der Waals surface area contributed by atoms with Crippen LogP contribution in [0.5, 0.6) is 0 Å². The number of carboxylic acid groups (broad SMARTS) is 4. The fourth-order valence-corrected chi connectivity index (χ4v) is 0. The normalized spacial score (nSPS) is 5.87. The average molecular weight is 255 g/mol. The molecule has 0 aliphatic rings. The smallest absolute Gasteiger partial charge is 0.414 e. The second-order valence-corrected chi connectivity index (χ2v) is 1.22. The Bertz CT molecular complexity index is 173. The summed E-state index contributed by atoms with van der Waals surface area (Å²) < 4.78 is 0. The van der Waals surface area contributed by atoms with E-state index in [1.165, 1.54) is 0 Å². The van der Waals surface area contributed by atoms with Gasteiger partial charge in [0.25, 0.3) is 0 Å². The van der Waals surface area contributed by atoms with Crippen LogP contribution in [0.3, 0.4) is 0 Å². The Hall–Kier alpha value is -0.564. The molecule has 85 valence electrons. The predicted octanol–water partition coefficient (Wildman–Crippen LogP) is -3.72. The monoisotopic (exact) mass is 255 g/mol. The van der Waals surface area contributed by atoms with E-state index in [2.05, 4.69) is 0 Å². The van der Waals surface area contributed by atoms with E-state index >= 15 is 0 Å². The van der Waals surface area contributed by atoms with E-state index < -0.39 is 23.9 Å². The number of carboxylic acids is 4. The summed E-state index contributed by atoms with van der Waals surface area (Å²) in [7, 11) is 0. The van der Waals surface area contributed by atoms with E-state index in [1.54, 1.807) is 0 Å². The standard InChI is InChI=1S/2C2H2O4.K.2H2O/c2*3-1(4)2(5)6;;;/h2*(H,3,4)(H,5,6);;2*1H2. The largest absolute Gasteiger partial charge is 0.473 e. The van der Waals surface area contributed by atoms with Crippen molar-refractivity contribution in [2.45, 2.75) is 0 Å². The number of hydrogen-bond donors (Lipinski definition) is 4. The van der Waals surface area contributed by atoms with Crippen molar-refractivity contribution in [2.75, 3.05) is 0 Å². The summed E-state index contributed by atoms with van der Waals surface area (Å²) in [6.07, 6.45) is 0. The maximum absolute atomic E-state index is 9.10. The molecule has 0 amide bonds. The minimum Gasteiger partial charge on any atom is -0.473 e. The number of hydrogen-bond acceptors (Lipinski definition) is 4. The molecule has 0 heterocycles. The molecule has 0 saturated carbocycles. The molecule has 10 nitrogen and oxygen atoms in total. The number of aliphatic carboxylic acids is 4. The van der Waals surface area contributed by atoms with Crippen LogP contribution >= 0.6 is 0 Å². The summed E-state index contributed by atoms with van der Waals surface area (Å²) in [4.78, 5) is 36.4. The van der Waals surface area contributed by atoms with Crippen LogP contribution in [0.4, 0.5) is 0 Å². The molecule has 0 aromatic carbocycles. The minimum absolute atomic E-state index is 0. The van der Waals surface area contributed by atoms with Crippen LogP contribution in [-0.2, 0) is 19.2 Å². The van der Waals surface area contributed by atoms with E-state index in [1.807, 2.05) is 0 Å².